The molecule has 0 radical (unpaired) electrons. The van der Waals surface area contributed by atoms with Gasteiger partial charge in [-0.15, -0.1) is 13.2 Å². The molecule has 0 bridgehead atoms. The molecule has 1 aromatic rings. The Kier molecular flexibility index (Phi) is 5.31. The number of halogens is 4. The van der Waals surface area contributed by atoms with Gasteiger partial charge in [-0.25, -0.2) is 8.42 Å². The smallest absolute Gasteiger partial charge is 0.404 e. The van der Waals surface area contributed by atoms with Gasteiger partial charge in [0.1, 0.15) is 9.84 Å². The van der Waals surface area contributed by atoms with Crippen molar-refractivity contribution in [1.29, 1.82) is 0 Å². The normalized spacial score (nSPS) is 13.9. The van der Waals surface area contributed by atoms with Crippen LogP contribution >= 0.6 is 15.9 Å². The summed E-state index contributed by atoms with van der Waals surface area (Å²) in [6, 6.07) is 3.51. The molecule has 0 spiro atoms. The van der Waals surface area contributed by atoms with Crippen molar-refractivity contribution in [3.05, 3.63) is 22.7 Å². The second kappa shape index (κ2) is 6.21. The lowest BCUT2D eigenvalue weighted by Crippen LogP contribution is -2.26. The Balaban J connectivity index is 2.94. The van der Waals surface area contributed by atoms with Gasteiger partial charge in [0.25, 0.3) is 0 Å². The molecule has 0 saturated carbocycles. The minimum atomic E-state index is -4.82. The Morgan fingerprint density at radius 1 is 1.40 bits per heavy atom. The number of anilines is 1. The molecule has 4 nitrogen and oxygen atoms in total. The molecule has 1 rings (SSSR count). The fourth-order valence-electron chi connectivity index (χ4n) is 1.59. The molecule has 20 heavy (non-hydrogen) atoms. The van der Waals surface area contributed by atoms with Gasteiger partial charge in [0, 0.05) is 16.8 Å². The lowest BCUT2D eigenvalue weighted by molar-refractivity contribution is -0.274. The van der Waals surface area contributed by atoms with Crippen molar-refractivity contribution in [3.63, 3.8) is 0 Å². The maximum Gasteiger partial charge on any atom is 0.573 e. The van der Waals surface area contributed by atoms with Crippen molar-refractivity contribution in [2.45, 2.75) is 19.3 Å². The zero-order chi connectivity index (χ0) is 15.6. The number of hydrogen-bond acceptors (Lipinski definition) is 4. The fraction of sp³-hybridized carbons (Fsp3) is 0.455. The molecule has 0 aliphatic carbocycles. The predicted octanol–water partition coefficient (Wildman–Crippen LogP) is 3.19. The molecule has 0 fully saturated rings. The molecule has 0 saturated heterocycles. The summed E-state index contributed by atoms with van der Waals surface area (Å²) in [5, 5.41) is 2.69. The van der Waals surface area contributed by atoms with E-state index in [1.165, 1.54) is 12.1 Å². The maximum absolute atomic E-state index is 12.3. The third-order valence-electron chi connectivity index (χ3n) is 2.12. The minimum absolute atomic E-state index is 0.0710. The highest BCUT2D eigenvalue weighted by molar-refractivity contribution is 9.10. The summed E-state index contributed by atoms with van der Waals surface area (Å²) in [6.07, 6.45) is -3.77. The van der Waals surface area contributed by atoms with E-state index in [9.17, 15) is 21.6 Å². The van der Waals surface area contributed by atoms with Crippen LogP contribution in [0.2, 0.25) is 0 Å². The lowest BCUT2D eigenvalue weighted by atomic mass is 10.2. The van der Waals surface area contributed by atoms with Crippen molar-refractivity contribution in [2.75, 3.05) is 17.3 Å². The molecule has 1 N–H and O–H groups in total. The second-order valence-corrected chi connectivity index (χ2v) is 7.43. The number of hydrogen-bond donors (Lipinski definition) is 1. The molecule has 114 valence electrons. The summed E-state index contributed by atoms with van der Waals surface area (Å²) in [5.74, 6) is -0.624. The Morgan fingerprint density at radius 3 is 2.50 bits per heavy atom. The molecule has 0 heterocycles. The minimum Gasteiger partial charge on any atom is -0.404 e. The van der Waals surface area contributed by atoms with Crippen LogP contribution in [0.1, 0.15) is 6.92 Å². The van der Waals surface area contributed by atoms with E-state index in [-0.39, 0.29) is 11.4 Å². The summed E-state index contributed by atoms with van der Waals surface area (Å²) in [4.78, 5) is 0. The van der Waals surface area contributed by atoms with Gasteiger partial charge >= 0.3 is 6.36 Å². The van der Waals surface area contributed by atoms with Crippen LogP contribution in [0.5, 0.6) is 5.75 Å². The molecule has 0 aliphatic rings. The van der Waals surface area contributed by atoms with E-state index < -0.39 is 28.0 Å². The molecule has 1 aromatic carbocycles. The van der Waals surface area contributed by atoms with E-state index in [4.69, 9.17) is 0 Å². The summed E-state index contributed by atoms with van der Waals surface area (Å²) in [5.41, 5.74) is 0.0710. The van der Waals surface area contributed by atoms with E-state index in [0.29, 0.717) is 4.47 Å². The average Bonchev–Trinajstić information content (AvgIpc) is 2.17. The molecule has 0 aliphatic heterocycles. The van der Waals surface area contributed by atoms with Crippen LogP contribution in [0.4, 0.5) is 18.9 Å². The van der Waals surface area contributed by atoms with E-state index in [1.807, 2.05) is 0 Å². The second-order valence-electron chi connectivity index (χ2n) is 4.33. The first kappa shape index (κ1) is 17.1. The predicted molar refractivity (Wildman–Crippen MR) is 73.6 cm³/mol. The van der Waals surface area contributed by atoms with E-state index in [0.717, 1.165) is 12.3 Å². The summed E-state index contributed by atoms with van der Waals surface area (Å²) < 4.78 is 63.5. The van der Waals surface area contributed by atoms with Crippen molar-refractivity contribution in [1.82, 2.24) is 0 Å². The highest BCUT2D eigenvalue weighted by atomic mass is 79.9. The summed E-state index contributed by atoms with van der Waals surface area (Å²) >= 11 is 3.05. The Bertz CT molecular complexity index is 575. The van der Waals surface area contributed by atoms with Crippen LogP contribution in [0, 0.1) is 0 Å². The maximum atomic E-state index is 12.3. The first-order valence-electron chi connectivity index (χ1n) is 5.46. The highest BCUT2D eigenvalue weighted by Gasteiger charge is 2.32. The summed E-state index contributed by atoms with van der Waals surface area (Å²) in [6.45, 7) is 1.56. The zero-order valence-electron chi connectivity index (χ0n) is 10.7. The topological polar surface area (TPSA) is 55.4 Å². The molecule has 0 amide bonds. The van der Waals surface area contributed by atoms with Gasteiger partial charge in [0.05, 0.1) is 11.4 Å². The van der Waals surface area contributed by atoms with Crippen molar-refractivity contribution >= 4 is 31.5 Å². The number of nitrogens with one attached hydrogen (secondary N) is 1. The van der Waals surface area contributed by atoms with Gasteiger partial charge in [0.2, 0.25) is 0 Å². The number of benzene rings is 1. The van der Waals surface area contributed by atoms with E-state index in [1.54, 1.807) is 6.92 Å². The average molecular weight is 376 g/mol. The first-order valence-corrected chi connectivity index (χ1v) is 8.31. The third-order valence-corrected chi connectivity index (χ3v) is 3.72. The Labute approximate surface area is 123 Å². The van der Waals surface area contributed by atoms with E-state index in [2.05, 4.69) is 26.0 Å². The number of rotatable bonds is 5. The van der Waals surface area contributed by atoms with Gasteiger partial charge in [-0.1, -0.05) is 15.9 Å². The molecule has 0 aromatic heterocycles. The van der Waals surface area contributed by atoms with Gasteiger partial charge in [-0.3, -0.25) is 0 Å². The van der Waals surface area contributed by atoms with Crippen molar-refractivity contribution < 1.29 is 26.3 Å². The molecular weight excluding hydrogens is 363 g/mol. The van der Waals surface area contributed by atoms with Crippen molar-refractivity contribution in [3.8, 4) is 5.75 Å². The standard InChI is InChI=1S/C11H13BrF3NO3S/c1-7(6-20(2,17)18)16-9-4-3-8(12)5-10(9)19-11(13,14)15/h3-5,7,16H,6H2,1-2H3. The van der Waals surface area contributed by atoms with Crippen LogP contribution in [-0.4, -0.2) is 32.8 Å². The number of sulfone groups is 1. The zero-order valence-corrected chi connectivity index (χ0v) is 13.1. The number of ether oxygens (including phenoxy) is 1. The van der Waals surface area contributed by atoms with Crippen LogP contribution in [0.25, 0.3) is 0 Å². The number of alkyl halides is 3. The van der Waals surface area contributed by atoms with Crippen LogP contribution in [0.3, 0.4) is 0 Å². The van der Waals surface area contributed by atoms with Crippen LogP contribution in [-0.2, 0) is 9.84 Å². The first-order chi connectivity index (χ1) is 8.96. The molecule has 1 unspecified atom stereocenters. The Hall–Kier alpha value is -0.960. The third kappa shape index (κ3) is 6.47. The van der Waals surface area contributed by atoms with Crippen molar-refractivity contribution in [2.24, 2.45) is 0 Å². The largest absolute Gasteiger partial charge is 0.573 e. The summed E-state index contributed by atoms with van der Waals surface area (Å²) in [7, 11) is -3.23. The monoisotopic (exact) mass is 375 g/mol. The van der Waals surface area contributed by atoms with Gasteiger partial charge < -0.3 is 10.1 Å². The van der Waals surface area contributed by atoms with Crippen LogP contribution in [0.15, 0.2) is 22.7 Å². The van der Waals surface area contributed by atoms with E-state index >= 15 is 0 Å². The molecular formula is C11H13BrF3NO3S. The SMILES string of the molecule is CC(CS(C)(=O)=O)Nc1ccc(Br)cc1OC(F)(F)F. The quantitative estimate of drug-likeness (QED) is 0.858. The van der Waals surface area contributed by atoms with Gasteiger partial charge in [-0.05, 0) is 25.1 Å². The molecule has 1 atom stereocenters. The van der Waals surface area contributed by atoms with Gasteiger partial charge in [-0.2, -0.15) is 0 Å². The Morgan fingerprint density at radius 2 is 2.00 bits per heavy atom. The fourth-order valence-corrected chi connectivity index (χ4v) is 2.92. The molecule has 9 heteroatoms. The lowest BCUT2D eigenvalue weighted by Gasteiger charge is -2.18. The highest BCUT2D eigenvalue weighted by Crippen LogP contribution is 2.33. The van der Waals surface area contributed by atoms with Gasteiger partial charge in [0.15, 0.2) is 5.75 Å². The van der Waals surface area contributed by atoms with Crippen LogP contribution < -0.4 is 10.1 Å².